The van der Waals surface area contributed by atoms with Gasteiger partial charge >= 0.3 is 0 Å². The molecule has 0 radical (unpaired) electrons. The van der Waals surface area contributed by atoms with Gasteiger partial charge in [-0.05, 0) is 59.2 Å². The number of likely N-dealkylation sites (tertiary alicyclic amines) is 1. The average Bonchev–Trinajstić information content (AvgIpc) is 2.57. The van der Waals surface area contributed by atoms with E-state index in [0.29, 0.717) is 12.1 Å². The molecule has 0 aromatic carbocycles. The zero-order valence-corrected chi connectivity index (χ0v) is 12.3. The minimum atomic E-state index is 0.650. The van der Waals surface area contributed by atoms with E-state index in [1.165, 1.54) is 64.6 Å². The van der Waals surface area contributed by atoms with Crippen molar-refractivity contribution in [1.82, 2.24) is 15.5 Å². The zero-order chi connectivity index (χ0) is 12.8. The number of hydrogen-bond donors (Lipinski definition) is 2. The normalized spacial score (nSPS) is 33.0. The highest BCUT2D eigenvalue weighted by Gasteiger charge is 2.20. The van der Waals surface area contributed by atoms with Gasteiger partial charge in [-0.25, -0.2) is 0 Å². The van der Waals surface area contributed by atoms with Crippen molar-refractivity contribution in [1.29, 1.82) is 0 Å². The van der Waals surface area contributed by atoms with E-state index in [1.54, 1.807) is 0 Å². The minimum Gasteiger partial charge on any atom is -0.314 e. The largest absolute Gasteiger partial charge is 0.314 e. The van der Waals surface area contributed by atoms with Gasteiger partial charge in [0, 0.05) is 24.7 Å². The van der Waals surface area contributed by atoms with E-state index in [2.05, 4.69) is 29.5 Å². The van der Waals surface area contributed by atoms with Crippen LogP contribution in [-0.2, 0) is 0 Å². The van der Waals surface area contributed by atoms with Crippen LogP contribution in [-0.4, -0.2) is 49.7 Å². The highest BCUT2D eigenvalue weighted by Crippen LogP contribution is 2.14. The maximum Gasteiger partial charge on any atom is 0.0197 e. The number of piperidine rings is 1. The molecule has 2 saturated heterocycles. The summed E-state index contributed by atoms with van der Waals surface area (Å²) in [6, 6.07) is 2.11. The number of rotatable bonds is 4. The molecule has 3 unspecified atom stereocenters. The first-order chi connectivity index (χ1) is 8.74. The lowest BCUT2D eigenvalue weighted by atomic mass is 10.0. The summed E-state index contributed by atoms with van der Waals surface area (Å²) >= 11 is 0. The van der Waals surface area contributed by atoms with Crippen molar-refractivity contribution in [2.45, 2.75) is 70.0 Å². The lowest BCUT2D eigenvalue weighted by Gasteiger charge is -2.33. The van der Waals surface area contributed by atoms with Gasteiger partial charge in [0.15, 0.2) is 0 Å². The number of nitrogens with one attached hydrogen (secondary N) is 2. The predicted molar refractivity (Wildman–Crippen MR) is 78.0 cm³/mol. The summed E-state index contributed by atoms with van der Waals surface area (Å²) in [5.41, 5.74) is 0. The third-order valence-corrected chi connectivity index (χ3v) is 4.45. The predicted octanol–water partition coefficient (Wildman–Crippen LogP) is 1.98. The third-order valence-electron chi connectivity index (χ3n) is 4.45. The first kappa shape index (κ1) is 14.3. The summed E-state index contributed by atoms with van der Waals surface area (Å²) in [6.45, 7) is 6.09. The van der Waals surface area contributed by atoms with Gasteiger partial charge < -0.3 is 15.5 Å². The quantitative estimate of drug-likeness (QED) is 0.802. The van der Waals surface area contributed by atoms with E-state index in [4.69, 9.17) is 0 Å². The van der Waals surface area contributed by atoms with Crippen LogP contribution in [0.4, 0.5) is 0 Å². The second kappa shape index (κ2) is 7.46. The van der Waals surface area contributed by atoms with Crippen molar-refractivity contribution < 1.29 is 0 Å². The van der Waals surface area contributed by atoms with Gasteiger partial charge in [0.25, 0.3) is 0 Å². The van der Waals surface area contributed by atoms with Gasteiger partial charge in [-0.1, -0.05) is 12.8 Å². The van der Waals surface area contributed by atoms with Gasteiger partial charge in [0.1, 0.15) is 0 Å². The maximum absolute atomic E-state index is 3.84. The molecule has 3 heteroatoms. The molecule has 106 valence electrons. The van der Waals surface area contributed by atoms with Gasteiger partial charge in [0.05, 0.1) is 0 Å². The fraction of sp³-hybridized carbons (Fsp3) is 1.00. The fourth-order valence-electron chi connectivity index (χ4n) is 3.50. The van der Waals surface area contributed by atoms with Crippen LogP contribution in [0.25, 0.3) is 0 Å². The van der Waals surface area contributed by atoms with E-state index in [1.807, 2.05) is 0 Å². The molecule has 18 heavy (non-hydrogen) atoms. The van der Waals surface area contributed by atoms with Crippen LogP contribution in [0.1, 0.15) is 51.9 Å². The molecule has 0 amide bonds. The van der Waals surface area contributed by atoms with Crippen LogP contribution in [0, 0.1) is 0 Å². The Labute approximate surface area is 113 Å². The molecule has 2 heterocycles. The first-order valence-electron chi connectivity index (χ1n) is 7.92. The van der Waals surface area contributed by atoms with Crippen molar-refractivity contribution in [2.24, 2.45) is 0 Å². The van der Waals surface area contributed by atoms with Crippen molar-refractivity contribution in [2.75, 3.05) is 26.7 Å². The van der Waals surface area contributed by atoms with E-state index in [-0.39, 0.29) is 0 Å². The summed E-state index contributed by atoms with van der Waals surface area (Å²) < 4.78 is 0. The molecule has 3 nitrogen and oxygen atoms in total. The maximum atomic E-state index is 3.84. The molecular formula is C15H31N3. The minimum absolute atomic E-state index is 0.650. The van der Waals surface area contributed by atoms with Crippen LogP contribution in [0.15, 0.2) is 0 Å². The number of nitrogens with zero attached hydrogens (tertiary/aromatic N) is 1. The zero-order valence-electron chi connectivity index (χ0n) is 12.3. The molecule has 2 rings (SSSR count). The molecule has 2 N–H and O–H groups in total. The summed E-state index contributed by atoms with van der Waals surface area (Å²) in [7, 11) is 2.24. The summed E-state index contributed by atoms with van der Waals surface area (Å²) in [4.78, 5) is 2.46. The molecule has 0 bridgehead atoms. The molecule has 0 aliphatic carbocycles. The van der Waals surface area contributed by atoms with Crippen LogP contribution in [0.2, 0.25) is 0 Å². The standard InChI is InChI=1S/C15H31N3/c1-13(11-14-7-4-3-5-9-16-14)17-15-8-6-10-18(2)12-15/h13-17H,3-12H2,1-2H3. The molecule has 0 spiro atoms. The molecule has 3 atom stereocenters. The van der Waals surface area contributed by atoms with Gasteiger partial charge in [-0.3, -0.25) is 0 Å². The van der Waals surface area contributed by atoms with E-state index in [0.717, 1.165) is 6.04 Å². The Bertz CT molecular complexity index is 220. The highest BCUT2D eigenvalue weighted by atomic mass is 15.1. The number of likely N-dealkylation sites (N-methyl/N-ethyl adjacent to an activating group) is 1. The second-order valence-electron chi connectivity index (χ2n) is 6.41. The van der Waals surface area contributed by atoms with Gasteiger partial charge in [0.2, 0.25) is 0 Å². The van der Waals surface area contributed by atoms with Crippen LogP contribution < -0.4 is 10.6 Å². The van der Waals surface area contributed by atoms with E-state index < -0.39 is 0 Å². The lowest BCUT2D eigenvalue weighted by Crippen LogP contribution is -2.48. The summed E-state index contributed by atoms with van der Waals surface area (Å²) in [6.07, 6.45) is 9.56. The van der Waals surface area contributed by atoms with E-state index >= 15 is 0 Å². The smallest absolute Gasteiger partial charge is 0.0197 e. The molecular weight excluding hydrogens is 222 g/mol. The third kappa shape index (κ3) is 4.87. The monoisotopic (exact) mass is 253 g/mol. The lowest BCUT2D eigenvalue weighted by molar-refractivity contribution is 0.213. The molecule has 0 saturated carbocycles. The molecule has 2 aliphatic heterocycles. The van der Waals surface area contributed by atoms with Gasteiger partial charge in [-0.2, -0.15) is 0 Å². The molecule has 2 aliphatic rings. The topological polar surface area (TPSA) is 27.3 Å². The Kier molecular flexibility index (Phi) is 5.93. The Morgan fingerprint density at radius 1 is 1.22 bits per heavy atom. The average molecular weight is 253 g/mol. The SMILES string of the molecule is CC(CC1CCCCCN1)NC1CCCN(C)C1. The van der Waals surface area contributed by atoms with Gasteiger partial charge in [-0.15, -0.1) is 0 Å². The first-order valence-corrected chi connectivity index (χ1v) is 7.92. The molecule has 0 aromatic heterocycles. The van der Waals surface area contributed by atoms with Crippen LogP contribution >= 0.6 is 0 Å². The summed E-state index contributed by atoms with van der Waals surface area (Å²) in [5.74, 6) is 0. The number of hydrogen-bond acceptors (Lipinski definition) is 3. The Morgan fingerprint density at radius 3 is 2.94 bits per heavy atom. The van der Waals surface area contributed by atoms with Crippen LogP contribution in [0.3, 0.4) is 0 Å². The van der Waals surface area contributed by atoms with Crippen molar-refractivity contribution >= 4 is 0 Å². The molecule has 0 aromatic rings. The summed E-state index contributed by atoms with van der Waals surface area (Å²) in [5, 5.41) is 7.54. The van der Waals surface area contributed by atoms with Crippen molar-refractivity contribution in [3.63, 3.8) is 0 Å². The van der Waals surface area contributed by atoms with Crippen molar-refractivity contribution in [3.05, 3.63) is 0 Å². The Hall–Kier alpha value is -0.120. The van der Waals surface area contributed by atoms with E-state index in [9.17, 15) is 0 Å². The Balaban J connectivity index is 1.68. The molecule has 2 fully saturated rings. The Morgan fingerprint density at radius 2 is 2.11 bits per heavy atom. The van der Waals surface area contributed by atoms with Crippen molar-refractivity contribution in [3.8, 4) is 0 Å². The highest BCUT2D eigenvalue weighted by molar-refractivity contribution is 4.82. The second-order valence-corrected chi connectivity index (χ2v) is 6.41. The van der Waals surface area contributed by atoms with Crippen LogP contribution in [0.5, 0.6) is 0 Å². The fourth-order valence-corrected chi connectivity index (χ4v) is 3.50.